The second kappa shape index (κ2) is 4.98. The molecule has 4 rings (SSSR count). The summed E-state index contributed by atoms with van der Waals surface area (Å²) in [6, 6.07) is 8.38. The van der Waals surface area contributed by atoms with Gasteiger partial charge in [-0.25, -0.2) is 9.55 Å². The molecular formula is C18H19BN3O+. The molecule has 0 radical (unpaired) electrons. The summed E-state index contributed by atoms with van der Waals surface area (Å²) < 4.78 is 8.12. The Labute approximate surface area is 136 Å². The van der Waals surface area contributed by atoms with Gasteiger partial charge in [0, 0.05) is 29.2 Å². The number of hydrogen-bond donors (Lipinski definition) is 0. The van der Waals surface area contributed by atoms with Crippen LogP contribution in [0, 0.1) is 6.92 Å². The van der Waals surface area contributed by atoms with Crippen LogP contribution in [0.1, 0.15) is 18.2 Å². The number of furan rings is 1. The van der Waals surface area contributed by atoms with Crippen LogP contribution in [0.15, 0.2) is 46.8 Å². The molecule has 0 spiro atoms. The number of fused-ring (bicyclic) bond motifs is 3. The second-order valence-corrected chi connectivity index (χ2v) is 6.24. The van der Waals surface area contributed by atoms with Crippen molar-refractivity contribution in [1.82, 2.24) is 4.98 Å². The van der Waals surface area contributed by atoms with E-state index in [-0.39, 0.29) is 6.85 Å². The number of hydrogen-bond acceptors (Lipinski definition) is 3. The SMILES string of the molecule is CB1c2c(oc3ncccc23)C=C(C)N1c1ccc(C)c[n+]1C. The second-order valence-electron chi connectivity index (χ2n) is 6.24. The molecule has 23 heavy (non-hydrogen) atoms. The highest BCUT2D eigenvalue weighted by molar-refractivity contribution is 6.79. The van der Waals surface area contributed by atoms with Crippen LogP contribution in [-0.4, -0.2) is 11.8 Å². The van der Waals surface area contributed by atoms with E-state index in [0.29, 0.717) is 5.71 Å². The molecule has 3 aromatic rings. The highest BCUT2D eigenvalue weighted by atomic mass is 16.3. The van der Waals surface area contributed by atoms with Gasteiger partial charge in [0.15, 0.2) is 0 Å². The largest absolute Gasteiger partial charge is 0.439 e. The molecule has 0 amide bonds. The lowest BCUT2D eigenvalue weighted by molar-refractivity contribution is -0.658. The lowest BCUT2D eigenvalue weighted by Crippen LogP contribution is -2.52. The Morgan fingerprint density at radius 1 is 1.22 bits per heavy atom. The fraction of sp³-hybridized carbons (Fsp3) is 0.222. The number of anilines is 1. The fourth-order valence-corrected chi connectivity index (χ4v) is 3.57. The molecule has 1 aliphatic rings. The zero-order valence-electron chi connectivity index (χ0n) is 13.9. The third-order valence-electron chi connectivity index (χ3n) is 4.56. The fourth-order valence-electron chi connectivity index (χ4n) is 3.57. The molecule has 0 bridgehead atoms. The molecule has 3 aromatic heterocycles. The van der Waals surface area contributed by atoms with Gasteiger partial charge in [0.2, 0.25) is 5.71 Å². The predicted molar refractivity (Wildman–Crippen MR) is 93.7 cm³/mol. The molecule has 0 N–H and O–H groups in total. The maximum atomic E-state index is 5.94. The first-order valence-electron chi connectivity index (χ1n) is 7.87. The number of aryl methyl sites for hydroxylation is 2. The average molecular weight is 304 g/mol. The molecule has 5 heteroatoms. The van der Waals surface area contributed by atoms with Crippen molar-refractivity contribution in [3.05, 3.63) is 53.7 Å². The third kappa shape index (κ3) is 2.07. The molecule has 1 aliphatic heterocycles. The molecule has 0 saturated heterocycles. The first-order chi connectivity index (χ1) is 11.1. The van der Waals surface area contributed by atoms with Gasteiger partial charge in [-0.1, -0.05) is 0 Å². The van der Waals surface area contributed by atoms with Crippen molar-refractivity contribution in [3.8, 4) is 0 Å². The Bertz CT molecular complexity index is 945. The summed E-state index contributed by atoms with van der Waals surface area (Å²) in [5, 5.41) is 1.10. The van der Waals surface area contributed by atoms with Crippen LogP contribution in [0.4, 0.5) is 5.82 Å². The van der Waals surface area contributed by atoms with E-state index in [1.165, 1.54) is 22.5 Å². The summed E-state index contributed by atoms with van der Waals surface area (Å²) in [7, 11) is 2.09. The molecule has 4 heterocycles. The molecule has 0 aromatic carbocycles. The van der Waals surface area contributed by atoms with Crippen molar-refractivity contribution >= 4 is 35.3 Å². The highest BCUT2D eigenvalue weighted by Gasteiger charge is 2.40. The van der Waals surface area contributed by atoms with Crippen LogP contribution in [0.5, 0.6) is 0 Å². The van der Waals surface area contributed by atoms with Crippen LogP contribution < -0.4 is 14.8 Å². The number of nitrogens with zero attached hydrogens (tertiary/aromatic N) is 3. The summed E-state index contributed by atoms with van der Waals surface area (Å²) in [6.45, 7) is 6.64. The van der Waals surface area contributed by atoms with Crippen molar-refractivity contribution in [2.75, 3.05) is 4.81 Å². The van der Waals surface area contributed by atoms with Crippen LogP contribution in [0.3, 0.4) is 0 Å². The van der Waals surface area contributed by atoms with Gasteiger partial charge in [0.25, 0.3) is 5.82 Å². The zero-order valence-corrected chi connectivity index (χ0v) is 13.9. The molecule has 114 valence electrons. The van der Waals surface area contributed by atoms with Crippen LogP contribution in [0.2, 0.25) is 6.82 Å². The number of pyridine rings is 2. The molecule has 0 unspecified atom stereocenters. The molecule has 0 aliphatic carbocycles. The Kier molecular flexibility index (Phi) is 3.05. The Hall–Kier alpha value is -2.56. The van der Waals surface area contributed by atoms with Gasteiger partial charge >= 0.3 is 6.85 Å². The van der Waals surface area contributed by atoms with Gasteiger partial charge in [0.1, 0.15) is 5.76 Å². The number of rotatable bonds is 1. The number of allylic oxidation sites excluding steroid dienone is 1. The summed E-state index contributed by atoms with van der Waals surface area (Å²) >= 11 is 0. The van der Waals surface area contributed by atoms with Crippen LogP contribution >= 0.6 is 0 Å². The minimum Gasteiger partial charge on any atom is -0.439 e. The Morgan fingerprint density at radius 2 is 2.04 bits per heavy atom. The molecule has 0 fully saturated rings. The number of aromatic nitrogens is 2. The lowest BCUT2D eigenvalue weighted by Gasteiger charge is -2.26. The van der Waals surface area contributed by atoms with E-state index in [2.05, 4.69) is 72.6 Å². The van der Waals surface area contributed by atoms with Crippen molar-refractivity contribution in [2.24, 2.45) is 7.05 Å². The summed E-state index contributed by atoms with van der Waals surface area (Å²) in [5.74, 6) is 2.09. The van der Waals surface area contributed by atoms with E-state index < -0.39 is 0 Å². The summed E-state index contributed by atoms with van der Waals surface area (Å²) in [4.78, 5) is 6.70. The van der Waals surface area contributed by atoms with Crippen molar-refractivity contribution in [3.63, 3.8) is 0 Å². The van der Waals surface area contributed by atoms with Crippen LogP contribution in [0.25, 0.3) is 17.2 Å². The first kappa shape index (κ1) is 14.1. The normalized spacial score (nSPS) is 14.2. The quantitative estimate of drug-likeness (QED) is 0.512. The molecule has 0 saturated carbocycles. The predicted octanol–water partition coefficient (Wildman–Crippen LogP) is 2.67. The maximum Gasteiger partial charge on any atom is 0.413 e. The van der Waals surface area contributed by atoms with E-state index in [0.717, 1.165) is 11.1 Å². The topological polar surface area (TPSA) is 33.2 Å². The Morgan fingerprint density at radius 3 is 2.83 bits per heavy atom. The average Bonchev–Trinajstić information content (AvgIpc) is 2.87. The monoisotopic (exact) mass is 304 g/mol. The molecule has 4 nitrogen and oxygen atoms in total. The summed E-state index contributed by atoms with van der Waals surface area (Å²) in [5.41, 5.74) is 4.34. The van der Waals surface area contributed by atoms with Gasteiger partial charge in [-0.2, -0.15) is 0 Å². The van der Waals surface area contributed by atoms with E-state index in [1.807, 2.05) is 6.07 Å². The van der Waals surface area contributed by atoms with Gasteiger partial charge in [-0.15, -0.1) is 0 Å². The van der Waals surface area contributed by atoms with Gasteiger partial charge < -0.3 is 4.42 Å². The van der Waals surface area contributed by atoms with E-state index >= 15 is 0 Å². The van der Waals surface area contributed by atoms with E-state index in [4.69, 9.17) is 4.42 Å². The standard InChI is InChI=1S/C18H19BN3O/c1-12-7-8-16(21(4)11-12)22-13(2)10-15-17(19(22)3)14-6-5-9-20-18(14)23-15/h5-11H,1-4H3/q+1. The van der Waals surface area contributed by atoms with Gasteiger partial charge in [-0.05, 0) is 44.4 Å². The van der Waals surface area contributed by atoms with Gasteiger partial charge in [0.05, 0.1) is 18.9 Å². The van der Waals surface area contributed by atoms with E-state index in [9.17, 15) is 0 Å². The zero-order chi connectivity index (χ0) is 16.1. The van der Waals surface area contributed by atoms with E-state index in [1.54, 1.807) is 6.20 Å². The van der Waals surface area contributed by atoms with Gasteiger partial charge in [-0.3, -0.25) is 4.81 Å². The van der Waals surface area contributed by atoms with Crippen LogP contribution in [-0.2, 0) is 7.05 Å². The first-order valence-corrected chi connectivity index (χ1v) is 7.87. The smallest absolute Gasteiger partial charge is 0.413 e. The third-order valence-corrected chi connectivity index (χ3v) is 4.56. The van der Waals surface area contributed by atoms with Crippen molar-refractivity contribution in [1.29, 1.82) is 0 Å². The van der Waals surface area contributed by atoms with Crippen molar-refractivity contribution in [2.45, 2.75) is 20.7 Å². The lowest BCUT2D eigenvalue weighted by atomic mass is 9.54. The maximum absolute atomic E-state index is 5.94. The molecule has 0 atom stereocenters. The van der Waals surface area contributed by atoms with Crippen molar-refractivity contribution < 1.29 is 8.98 Å². The minimum atomic E-state index is 0.189. The molecular weight excluding hydrogens is 285 g/mol. The Balaban J connectivity index is 1.91. The summed E-state index contributed by atoms with van der Waals surface area (Å²) in [6.07, 6.45) is 6.03. The minimum absolute atomic E-state index is 0.189. The highest BCUT2D eigenvalue weighted by Crippen LogP contribution is 2.27.